The number of rotatable bonds is 3. The number of anilines is 1. The van der Waals surface area contributed by atoms with Gasteiger partial charge in [-0.15, -0.1) is 0 Å². The lowest BCUT2D eigenvalue weighted by Gasteiger charge is -2.04. The third kappa shape index (κ3) is 2.90. The highest BCUT2D eigenvalue weighted by atomic mass is 16.5. The number of nitrogen functional groups attached to an aromatic ring is 1. The van der Waals surface area contributed by atoms with Crippen LogP contribution in [-0.2, 0) is 9.59 Å². The maximum Gasteiger partial charge on any atom is 0.318 e. The van der Waals surface area contributed by atoms with Crippen LogP contribution in [0.3, 0.4) is 0 Å². The van der Waals surface area contributed by atoms with Crippen molar-refractivity contribution in [1.29, 1.82) is 0 Å². The number of nitrogens with two attached hydrogens (primary N) is 1. The quantitative estimate of drug-likeness (QED) is 0.338. The number of Topliss-reactive ketones (excluding diaryl/α,β-unsaturated/α-hetero) is 1. The minimum absolute atomic E-state index is 0.228. The fourth-order valence-corrected chi connectivity index (χ4v) is 0.935. The number of ketones is 1. The summed E-state index contributed by atoms with van der Waals surface area (Å²) in [7, 11) is 0. The summed E-state index contributed by atoms with van der Waals surface area (Å²) >= 11 is 0. The van der Waals surface area contributed by atoms with Crippen LogP contribution in [0.5, 0.6) is 5.75 Å². The Hall–Kier alpha value is -1.84. The van der Waals surface area contributed by atoms with E-state index in [0.29, 0.717) is 11.4 Å². The van der Waals surface area contributed by atoms with Gasteiger partial charge in [0.1, 0.15) is 12.2 Å². The van der Waals surface area contributed by atoms with E-state index in [1.165, 1.54) is 6.92 Å². The zero-order chi connectivity index (χ0) is 10.6. The molecule has 0 radical (unpaired) electrons. The first-order valence-electron chi connectivity index (χ1n) is 4.14. The van der Waals surface area contributed by atoms with Crippen LogP contribution in [0, 0.1) is 0 Å². The SMILES string of the molecule is CC(=O)CC(=O)Oc1ccccc1N. The molecule has 0 heterocycles. The molecule has 0 atom stereocenters. The second-order valence-corrected chi connectivity index (χ2v) is 2.89. The molecule has 0 spiro atoms. The highest BCUT2D eigenvalue weighted by Gasteiger charge is 2.09. The van der Waals surface area contributed by atoms with E-state index in [1.54, 1.807) is 24.3 Å². The molecule has 4 heteroatoms. The van der Waals surface area contributed by atoms with Crippen molar-refractivity contribution >= 4 is 17.4 Å². The summed E-state index contributed by atoms with van der Waals surface area (Å²) < 4.78 is 4.87. The van der Waals surface area contributed by atoms with E-state index in [4.69, 9.17) is 10.5 Å². The van der Waals surface area contributed by atoms with Crippen LogP contribution in [0.15, 0.2) is 24.3 Å². The minimum Gasteiger partial charge on any atom is -0.424 e. The number of carbonyl (C=O) groups is 2. The molecule has 0 aliphatic carbocycles. The minimum atomic E-state index is -0.588. The lowest BCUT2D eigenvalue weighted by Crippen LogP contribution is -2.12. The van der Waals surface area contributed by atoms with E-state index in [9.17, 15) is 9.59 Å². The third-order valence-corrected chi connectivity index (χ3v) is 1.54. The van der Waals surface area contributed by atoms with Crippen LogP contribution in [0.25, 0.3) is 0 Å². The largest absolute Gasteiger partial charge is 0.424 e. The maximum absolute atomic E-state index is 11.1. The van der Waals surface area contributed by atoms with Crippen molar-refractivity contribution in [3.05, 3.63) is 24.3 Å². The molecule has 14 heavy (non-hydrogen) atoms. The summed E-state index contributed by atoms with van der Waals surface area (Å²) in [5.74, 6) is -0.529. The van der Waals surface area contributed by atoms with Crippen LogP contribution in [-0.4, -0.2) is 11.8 Å². The summed E-state index contributed by atoms with van der Waals surface area (Å²) in [5, 5.41) is 0. The predicted molar refractivity (Wildman–Crippen MR) is 51.8 cm³/mol. The van der Waals surface area contributed by atoms with E-state index >= 15 is 0 Å². The van der Waals surface area contributed by atoms with Crippen molar-refractivity contribution in [2.45, 2.75) is 13.3 Å². The van der Waals surface area contributed by atoms with E-state index in [1.807, 2.05) is 0 Å². The first-order chi connectivity index (χ1) is 6.59. The maximum atomic E-state index is 11.1. The van der Waals surface area contributed by atoms with Crippen molar-refractivity contribution in [3.8, 4) is 5.75 Å². The Kier molecular flexibility index (Phi) is 3.23. The summed E-state index contributed by atoms with van der Waals surface area (Å²) in [4.78, 5) is 21.7. The fraction of sp³-hybridized carbons (Fsp3) is 0.200. The Bertz CT molecular complexity index is 360. The van der Waals surface area contributed by atoms with Gasteiger partial charge in [0, 0.05) is 0 Å². The number of carbonyl (C=O) groups excluding carboxylic acids is 2. The number of para-hydroxylation sites is 2. The van der Waals surface area contributed by atoms with E-state index in [0.717, 1.165) is 0 Å². The van der Waals surface area contributed by atoms with E-state index in [-0.39, 0.29) is 12.2 Å². The van der Waals surface area contributed by atoms with Crippen molar-refractivity contribution in [1.82, 2.24) is 0 Å². The summed E-state index contributed by atoms with van der Waals surface area (Å²) in [5.41, 5.74) is 5.92. The molecule has 74 valence electrons. The Morgan fingerprint density at radius 2 is 2.00 bits per heavy atom. The molecule has 0 fully saturated rings. The molecule has 0 aliphatic heterocycles. The zero-order valence-electron chi connectivity index (χ0n) is 7.82. The van der Waals surface area contributed by atoms with Gasteiger partial charge in [-0.05, 0) is 19.1 Å². The highest BCUT2D eigenvalue weighted by Crippen LogP contribution is 2.19. The van der Waals surface area contributed by atoms with Gasteiger partial charge in [-0.1, -0.05) is 12.1 Å². The smallest absolute Gasteiger partial charge is 0.318 e. The van der Waals surface area contributed by atoms with Gasteiger partial charge in [-0.2, -0.15) is 0 Å². The van der Waals surface area contributed by atoms with Gasteiger partial charge in [0.25, 0.3) is 0 Å². The lowest BCUT2D eigenvalue weighted by atomic mass is 10.3. The van der Waals surface area contributed by atoms with Crippen molar-refractivity contribution < 1.29 is 14.3 Å². The molecule has 0 unspecified atom stereocenters. The van der Waals surface area contributed by atoms with E-state index in [2.05, 4.69) is 0 Å². The predicted octanol–water partition coefficient (Wildman–Crippen LogP) is 1.15. The zero-order valence-corrected chi connectivity index (χ0v) is 7.82. The first kappa shape index (κ1) is 10.2. The van der Waals surface area contributed by atoms with Crippen molar-refractivity contribution in [3.63, 3.8) is 0 Å². The number of esters is 1. The Balaban J connectivity index is 2.65. The molecule has 0 amide bonds. The molecule has 0 bridgehead atoms. The number of ether oxygens (including phenoxy) is 1. The topological polar surface area (TPSA) is 69.4 Å². The number of hydrogen-bond acceptors (Lipinski definition) is 4. The van der Waals surface area contributed by atoms with Crippen molar-refractivity contribution in [2.24, 2.45) is 0 Å². The Morgan fingerprint density at radius 3 is 2.57 bits per heavy atom. The van der Waals surface area contributed by atoms with Gasteiger partial charge in [-0.3, -0.25) is 9.59 Å². The van der Waals surface area contributed by atoms with Crippen LogP contribution >= 0.6 is 0 Å². The van der Waals surface area contributed by atoms with Gasteiger partial charge in [0.15, 0.2) is 5.75 Å². The molecule has 1 rings (SSSR count). The lowest BCUT2D eigenvalue weighted by molar-refractivity contribution is -0.137. The normalized spacial score (nSPS) is 9.50. The molecule has 0 saturated heterocycles. The summed E-state index contributed by atoms with van der Waals surface area (Å²) in [6.07, 6.45) is -0.228. The summed E-state index contributed by atoms with van der Waals surface area (Å²) in [6.45, 7) is 1.33. The Morgan fingerprint density at radius 1 is 1.36 bits per heavy atom. The van der Waals surface area contributed by atoms with Crippen LogP contribution in [0.2, 0.25) is 0 Å². The molecule has 0 aliphatic rings. The Labute approximate surface area is 81.7 Å². The highest BCUT2D eigenvalue weighted by molar-refractivity contribution is 5.95. The molecule has 1 aromatic rings. The summed E-state index contributed by atoms with van der Waals surface area (Å²) in [6, 6.07) is 6.63. The van der Waals surface area contributed by atoms with Crippen LogP contribution < -0.4 is 10.5 Å². The average Bonchev–Trinajstić information content (AvgIpc) is 2.07. The van der Waals surface area contributed by atoms with Crippen molar-refractivity contribution in [2.75, 3.05) is 5.73 Å². The molecule has 1 aromatic carbocycles. The molecular formula is C10H11NO3. The van der Waals surface area contributed by atoms with Gasteiger partial charge in [0.2, 0.25) is 0 Å². The first-order valence-corrected chi connectivity index (χ1v) is 4.14. The van der Waals surface area contributed by atoms with Crippen LogP contribution in [0.1, 0.15) is 13.3 Å². The number of hydrogen-bond donors (Lipinski definition) is 1. The van der Waals surface area contributed by atoms with Gasteiger partial charge in [0.05, 0.1) is 5.69 Å². The van der Waals surface area contributed by atoms with Crippen LogP contribution in [0.4, 0.5) is 5.69 Å². The van der Waals surface area contributed by atoms with Gasteiger partial charge >= 0.3 is 5.97 Å². The fourth-order valence-electron chi connectivity index (χ4n) is 0.935. The van der Waals surface area contributed by atoms with E-state index < -0.39 is 5.97 Å². The monoisotopic (exact) mass is 193 g/mol. The second-order valence-electron chi connectivity index (χ2n) is 2.89. The molecule has 0 saturated carbocycles. The second kappa shape index (κ2) is 4.41. The van der Waals surface area contributed by atoms with Gasteiger partial charge < -0.3 is 10.5 Å². The molecule has 2 N–H and O–H groups in total. The third-order valence-electron chi connectivity index (χ3n) is 1.54. The average molecular weight is 193 g/mol. The standard InChI is InChI=1S/C10H11NO3/c1-7(12)6-10(13)14-9-5-3-2-4-8(9)11/h2-5H,6,11H2,1H3. The molecule has 0 aromatic heterocycles. The molecular weight excluding hydrogens is 182 g/mol. The molecule has 4 nitrogen and oxygen atoms in total. The number of benzene rings is 1. The van der Waals surface area contributed by atoms with Gasteiger partial charge in [-0.25, -0.2) is 0 Å².